The van der Waals surface area contributed by atoms with Gasteiger partial charge in [-0.05, 0) is 12.1 Å². The molecule has 0 bridgehead atoms. The Morgan fingerprint density at radius 2 is 2.27 bits per heavy atom. The predicted molar refractivity (Wildman–Crippen MR) is 44.3 cm³/mol. The first-order valence-electron chi connectivity index (χ1n) is 3.78. The number of hydrogen-bond acceptors (Lipinski definition) is 3. The Balaban J connectivity index is 2.18. The minimum atomic E-state index is 0.607. The molecule has 1 aliphatic rings. The van der Waals surface area contributed by atoms with E-state index in [0.717, 1.165) is 24.5 Å². The molecule has 3 N–H and O–H groups in total. The topological polar surface area (TPSA) is 50.9 Å². The van der Waals surface area contributed by atoms with Gasteiger partial charge in [-0.25, -0.2) is 0 Å². The molecule has 1 saturated heterocycles. The standard InChI is InChI=1S/C8H11N3/c9-7-1-2-8(11-5-7)6-3-10-4-6/h1-2,5-6,10H,3-4,9H2. The lowest BCUT2D eigenvalue weighted by Crippen LogP contribution is -2.40. The van der Waals surface area contributed by atoms with Crippen molar-refractivity contribution in [2.75, 3.05) is 18.8 Å². The molecule has 0 spiro atoms. The van der Waals surface area contributed by atoms with Crippen LogP contribution in [0.1, 0.15) is 11.6 Å². The third-order valence-electron chi connectivity index (χ3n) is 2.01. The Kier molecular flexibility index (Phi) is 1.51. The predicted octanol–water partition coefficient (Wildman–Crippen LogP) is 0.351. The Morgan fingerprint density at radius 3 is 2.73 bits per heavy atom. The summed E-state index contributed by atoms with van der Waals surface area (Å²) in [4.78, 5) is 4.24. The maximum atomic E-state index is 5.51. The second-order valence-corrected chi connectivity index (χ2v) is 2.87. The Labute approximate surface area is 65.6 Å². The summed E-state index contributed by atoms with van der Waals surface area (Å²) in [6.45, 7) is 2.10. The van der Waals surface area contributed by atoms with Gasteiger partial charge in [-0.3, -0.25) is 4.98 Å². The van der Waals surface area contributed by atoms with Crippen LogP contribution in [0.5, 0.6) is 0 Å². The summed E-state index contributed by atoms with van der Waals surface area (Å²) < 4.78 is 0. The Hall–Kier alpha value is -1.09. The molecule has 2 heterocycles. The lowest BCUT2D eigenvalue weighted by atomic mass is 9.99. The van der Waals surface area contributed by atoms with Crippen LogP contribution in [0.4, 0.5) is 5.69 Å². The number of hydrogen-bond donors (Lipinski definition) is 2. The van der Waals surface area contributed by atoms with E-state index in [-0.39, 0.29) is 0 Å². The molecule has 0 saturated carbocycles. The fourth-order valence-electron chi connectivity index (χ4n) is 1.16. The van der Waals surface area contributed by atoms with Crippen LogP contribution in [0.2, 0.25) is 0 Å². The summed E-state index contributed by atoms with van der Waals surface area (Å²) in [7, 11) is 0. The fraction of sp³-hybridized carbons (Fsp3) is 0.375. The summed E-state index contributed by atoms with van der Waals surface area (Å²) in [5, 5.41) is 3.20. The van der Waals surface area contributed by atoms with E-state index < -0.39 is 0 Å². The molecule has 1 fully saturated rings. The van der Waals surface area contributed by atoms with Crippen molar-refractivity contribution in [3.63, 3.8) is 0 Å². The number of nitrogens with zero attached hydrogens (tertiary/aromatic N) is 1. The van der Waals surface area contributed by atoms with Gasteiger partial charge in [0.25, 0.3) is 0 Å². The fourth-order valence-corrected chi connectivity index (χ4v) is 1.16. The zero-order chi connectivity index (χ0) is 7.68. The normalized spacial score (nSPS) is 17.8. The van der Waals surface area contributed by atoms with E-state index in [2.05, 4.69) is 10.3 Å². The van der Waals surface area contributed by atoms with Gasteiger partial charge in [-0.1, -0.05) is 0 Å². The molecule has 0 aromatic carbocycles. The van der Waals surface area contributed by atoms with Crippen LogP contribution >= 0.6 is 0 Å². The number of nitrogens with one attached hydrogen (secondary N) is 1. The molecule has 2 rings (SSSR count). The van der Waals surface area contributed by atoms with E-state index in [1.165, 1.54) is 0 Å². The van der Waals surface area contributed by atoms with Crippen LogP contribution in [-0.4, -0.2) is 18.1 Å². The molecule has 0 radical (unpaired) electrons. The second kappa shape index (κ2) is 2.51. The highest BCUT2D eigenvalue weighted by molar-refractivity contribution is 5.35. The van der Waals surface area contributed by atoms with E-state index in [0.29, 0.717) is 5.92 Å². The molecular weight excluding hydrogens is 138 g/mol. The number of nitrogen functional groups attached to an aromatic ring is 1. The van der Waals surface area contributed by atoms with Gasteiger partial charge in [-0.2, -0.15) is 0 Å². The molecule has 1 aromatic rings. The largest absolute Gasteiger partial charge is 0.397 e. The van der Waals surface area contributed by atoms with Crippen LogP contribution in [0.15, 0.2) is 18.3 Å². The smallest absolute Gasteiger partial charge is 0.0501 e. The minimum Gasteiger partial charge on any atom is -0.397 e. The van der Waals surface area contributed by atoms with E-state index in [1.807, 2.05) is 12.1 Å². The van der Waals surface area contributed by atoms with E-state index in [9.17, 15) is 0 Å². The molecule has 11 heavy (non-hydrogen) atoms. The Bertz CT molecular complexity index is 238. The van der Waals surface area contributed by atoms with Crippen molar-refractivity contribution in [2.24, 2.45) is 0 Å². The molecular formula is C8H11N3. The van der Waals surface area contributed by atoms with E-state index >= 15 is 0 Å². The highest BCUT2D eigenvalue weighted by Crippen LogP contribution is 2.17. The lowest BCUT2D eigenvalue weighted by molar-refractivity contribution is 0.440. The minimum absolute atomic E-state index is 0.607. The van der Waals surface area contributed by atoms with Gasteiger partial charge in [0, 0.05) is 24.7 Å². The maximum absolute atomic E-state index is 5.51. The van der Waals surface area contributed by atoms with Crippen LogP contribution < -0.4 is 11.1 Å². The summed E-state index contributed by atoms with van der Waals surface area (Å²) >= 11 is 0. The average Bonchev–Trinajstić information content (AvgIpc) is 1.90. The van der Waals surface area contributed by atoms with E-state index in [4.69, 9.17) is 5.73 Å². The molecule has 1 aromatic heterocycles. The summed E-state index contributed by atoms with van der Waals surface area (Å²) in [5.74, 6) is 0.607. The molecule has 58 valence electrons. The number of aromatic nitrogens is 1. The zero-order valence-electron chi connectivity index (χ0n) is 6.25. The maximum Gasteiger partial charge on any atom is 0.0501 e. The highest BCUT2D eigenvalue weighted by atomic mass is 15.0. The lowest BCUT2D eigenvalue weighted by Gasteiger charge is -2.26. The number of nitrogens with two attached hydrogens (primary N) is 1. The van der Waals surface area contributed by atoms with Gasteiger partial charge in [0.15, 0.2) is 0 Å². The molecule has 0 aliphatic carbocycles. The molecule has 3 nitrogen and oxygen atoms in total. The Morgan fingerprint density at radius 1 is 1.45 bits per heavy atom. The van der Waals surface area contributed by atoms with Gasteiger partial charge in [-0.15, -0.1) is 0 Å². The number of anilines is 1. The van der Waals surface area contributed by atoms with Crippen LogP contribution in [-0.2, 0) is 0 Å². The number of rotatable bonds is 1. The SMILES string of the molecule is Nc1ccc(C2CNC2)nc1. The summed E-state index contributed by atoms with van der Waals surface area (Å²) in [5.41, 5.74) is 7.40. The van der Waals surface area contributed by atoms with Crippen molar-refractivity contribution in [3.05, 3.63) is 24.0 Å². The quantitative estimate of drug-likeness (QED) is 0.605. The average molecular weight is 149 g/mol. The molecule has 0 unspecified atom stereocenters. The van der Waals surface area contributed by atoms with Crippen molar-refractivity contribution >= 4 is 5.69 Å². The third-order valence-corrected chi connectivity index (χ3v) is 2.01. The van der Waals surface area contributed by atoms with E-state index in [1.54, 1.807) is 6.20 Å². The van der Waals surface area contributed by atoms with Crippen LogP contribution in [0.25, 0.3) is 0 Å². The van der Waals surface area contributed by atoms with Crippen molar-refractivity contribution in [2.45, 2.75) is 5.92 Å². The second-order valence-electron chi connectivity index (χ2n) is 2.87. The first-order valence-corrected chi connectivity index (χ1v) is 3.78. The van der Waals surface area contributed by atoms with Crippen molar-refractivity contribution in [1.82, 2.24) is 10.3 Å². The van der Waals surface area contributed by atoms with Gasteiger partial charge >= 0.3 is 0 Å². The number of pyridine rings is 1. The molecule has 0 atom stereocenters. The first-order chi connectivity index (χ1) is 5.36. The van der Waals surface area contributed by atoms with Crippen LogP contribution in [0, 0.1) is 0 Å². The van der Waals surface area contributed by atoms with Crippen LogP contribution in [0.3, 0.4) is 0 Å². The van der Waals surface area contributed by atoms with Gasteiger partial charge in [0.05, 0.1) is 11.9 Å². The van der Waals surface area contributed by atoms with Crippen molar-refractivity contribution in [1.29, 1.82) is 0 Å². The molecule has 1 aliphatic heterocycles. The van der Waals surface area contributed by atoms with Gasteiger partial charge in [0.1, 0.15) is 0 Å². The van der Waals surface area contributed by atoms with Gasteiger partial charge in [0.2, 0.25) is 0 Å². The zero-order valence-corrected chi connectivity index (χ0v) is 6.25. The summed E-state index contributed by atoms with van der Waals surface area (Å²) in [6, 6.07) is 3.90. The highest BCUT2D eigenvalue weighted by Gasteiger charge is 2.19. The third kappa shape index (κ3) is 1.19. The molecule has 3 heteroatoms. The monoisotopic (exact) mass is 149 g/mol. The van der Waals surface area contributed by atoms with Crippen molar-refractivity contribution in [3.8, 4) is 0 Å². The first kappa shape index (κ1) is 6.61. The van der Waals surface area contributed by atoms with Gasteiger partial charge < -0.3 is 11.1 Å². The summed E-state index contributed by atoms with van der Waals surface area (Å²) in [6.07, 6.45) is 1.72. The van der Waals surface area contributed by atoms with Crippen molar-refractivity contribution < 1.29 is 0 Å². The molecule has 0 amide bonds.